The fraction of sp³-hybridized carbons (Fsp3) is 0.588. The first kappa shape index (κ1) is 16.0. The number of anilines is 1. The zero-order valence-electron chi connectivity index (χ0n) is 12.9. The first-order chi connectivity index (χ1) is 10.0. The highest BCUT2D eigenvalue weighted by Crippen LogP contribution is 2.20. The van der Waals surface area contributed by atoms with Crippen LogP contribution in [0.5, 0.6) is 0 Å². The highest BCUT2D eigenvalue weighted by atomic mass is 19.1. The van der Waals surface area contributed by atoms with Crippen LogP contribution in [0.15, 0.2) is 24.3 Å². The normalized spacial score (nSPS) is 17.1. The summed E-state index contributed by atoms with van der Waals surface area (Å²) >= 11 is 0. The summed E-state index contributed by atoms with van der Waals surface area (Å²) < 4.78 is 13.1. The number of hydrogen-bond donors (Lipinski definition) is 1. The third-order valence-corrected chi connectivity index (χ3v) is 4.07. The Morgan fingerprint density at radius 1 is 1.38 bits per heavy atom. The van der Waals surface area contributed by atoms with Gasteiger partial charge in [-0.3, -0.25) is 4.79 Å². The van der Waals surface area contributed by atoms with E-state index in [2.05, 4.69) is 24.1 Å². The fourth-order valence-electron chi connectivity index (χ4n) is 2.67. The minimum atomic E-state index is -0.323. The lowest BCUT2D eigenvalue weighted by Gasteiger charge is -2.31. The van der Waals surface area contributed by atoms with Crippen molar-refractivity contribution in [3.05, 3.63) is 30.1 Å². The zero-order valence-corrected chi connectivity index (χ0v) is 12.9. The molecular formula is C17H25FN2O. The lowest BCUT2D eigenvalue weighted by Crippen LogP contribution is -2.38. The van der Waals surface area contributed by atoms with Gasteiger partial charge in [0.2, 0.25) is 5.91 Å². The molecule has 21 heavy (non-hydrogen) atoms. The molecule has 1 aromatic rings. The Morgan fingerprint density at radius 2 is 2.10 bits per heavy atom. The van der Waals surface area contributed by atoms with Gasteiger partial charge in [-0.25, -0.2) is 4.39 Å². The molecule has 0 unspecified atom stereocenters. The Hall–Kier alpha value is -1.42. The number of piperidine rings is 1. The van der Waals surface area contributed by atoms with Gasteiger partial charge in [-0.05, 0) is 63.0 Å². The van der Waals surface area contributed by atoms with Crippen LogP contribution < -0.4 is 5.32 Å². The van der Waals surface area contributed by atoms with Crippen molar-refractivity contribution in [2.24, 2.45) is 11.8 Å². The Kier molecular flexibility index (Phi) is 5.74. The third kappa shape index (κ3) is 5.12. The Labute approximate surface area is 126 Å². The van der Waals surface area contributed by atoms with Crippen LogP contribution in [-0.4, -0.2) is 30.4 Å². The maximum absolute atomic E-state index is 13.1. The largest absolute Gasteiger partial charge is 0.326 e. The van der Waals surface area contributed by atoms with E-state index >= 15 is 0 Å². The predicted molar refractivity (Wildman–Crippen MR) is 83.6 cm³/mol. The van der Waals surface area contributed by atoms with Crippen LogP contribution >= 0.6 is 0 Å². The molecule has 0 atom stereocenters. The summed E-state index contributed by atoms with van der Waals surface area (Å²) in [5, 5.41) is 2.82. The number of amides is 1. The van der Waals surface area contributed by atoms with Crippen molar-refractivity contribution in [3.63, 3.8) is 0 Å². The molecule has 1 fully saturated rings. The van der Waals surface area contributed by atoms with Crippen molar-refractivity contribution in [1.29, 1.82) is 0 Å². The van der Waals surface area contributed by atoms with Gasteiger partial charge in [0.25, 0.3) is 0 Å². The van der Waals surface area contributed by atoms with Gasteiger partial charge in [0, 0.05) is 11.6 Å². The molecule has 1 heterocycles. The number of carbonyl (C=O) groups excluding carboxylic acids is 1. The summed E-state index contributed by atoms with van der Waals surface area (Å²) in [5.41, 5.74) is 0.544. The number of benzene rings is 1. The number of halogens is 1. The lowest BCUT2D eigenvalue weighted by atomic mass is 9.95. The van der Waals surface area contributed by atoms with Crippen molar-refractivity contribution in [2.45, 2.75) is 33.1 Å². The van der Waals surface area contributed by atoms with Crippen LogP contribution in [0.25, 0.3) is 0 Å². The average Bonchev–Trinajstić information content (AvgIpc) is 2.45. The molecule has 3 nitrogen and oxygen atoms in total. The fourth-order valence-corrected chi connectivity index (χ4v) is 2.67. The van der Waals surface area contributed by atoms with E-state index in [0.717, 1.165) is 38.4 Å². The highest BCUT2D eigenvalue weighted by molar-refractivity contribution is 5.92. The number of carbonyl (C=O) groups is 1. The molecule has 0 bridgehead atoms. The molecule has 1 aliphatic rings. The van der Waals surface area contributed by atoms with E-state index in [0.29, 0.717) is 5.69 Å². The topological polar surface area (TPSA) is 32.3 Å². The van der Waals surface area contributed by atoms with Gasteiger partial charge in [0.05, 0.1) is 0 Å². The first-order valence-electron chi connectivity index (χ1n) is 7.83. The molecule has 116 valence electrons. The summed E-state index contributed by atoms with van der Waals surface area (Å²) in [6, 6.07) is 6.07. The Bertz CT molecular complexity index is 468. The van der Waals surface area contributed by atoms with Crippen molar-refractivity contribution in [1.82, 2.24) is 4.90 Å². The molecule has 0 aromatic heterocycles. The van der Waals surface area contributed by atoms with Crippen LogP contribution in [0, 0.1) is 17.7 Å². The average molecular weight is 292 g/mol. The van der Waals surface area contributed by atoms with Gasteiger partial charge in [-0.1, -0.05) is 19.9 Å². The summed E-state index contributed by atoms with van der Waals surface area (Å²) in [6.07, 6.45) is 2.98. The zero-order chi connectivity index (χ0) is 15.2. The molecule has 0 spiro atoms. The van der Waals surface area contributed by atoms with Crippen molar-refractivity contribution >= 4 is 11.6 Å². The minimum Gasteiger partial charge on any atom is -0.326 e. The van der Waals surface area contributed by atoms with Crippen molar-refractivity contribution in [3.8, 4) is 0 Å². The Morgan fingerprint density at radius 3 is 2.71 bits per heavy atom. The van der Waals surface area contributed by atoms with Gasteiger partial charge >= 0.3 is 0 Å². The van der Waals surface area contributed by atoms with Crippen LogP contribution in [0.4, 0.5) is 10.1 Å². The van der Waals surface area contributed by atoms with E-state index in [4.69, 9.17) is 0 Å². The molecular weight excluding hydrogens is 267 g/mol. The summed E-state index contributed by atoms with van der Waals surface area (Å²) in [7, 11) is 0. The second kappa shape index (κ2) is 7.55. The number of hydrogen-bond acceptors (Lipinski definition) is 2. The summed E-state index contributed by atoms with van der Waals surface area (Å²) in [5.74, 6) is 0.461. The number of nitrogens with one attached hydrogen (secondary N) is 1. The summed E-state index contributed by atoms with van der Waals surface area (Å²) in [4.78, 5) is 14.6. The molecule has 4 heteroatoms. The van der Waals surface area contributed by atoms with Crippen LogP contribution in [0.2, 0.25) is 0 Å². The second-order valence-electron chi connectivity index (χ2n) is 6.30. The number of likely N-dealkylation sites (tertiary alicyclic amines) is 1. The first-order valence-corrected chi connectivity index (χ1v) is 7.83. The Balaban J connectivity index is 1.78. The van der Waals surface area contributed by atoms with Crippen LogP contribution in [-0.2, 0) is 4.79 Å². The lowest BCUT2D eigenvalue weighted by molar-refractivity contribution is -0.121. The predicted octanol–water partition coefficient (Wildman–Crippen LogP) is 3.52. The van der Waals surface area contributed by atoms with Crippen molar-refractivity contribution < 1.29 is 9.18 Å². The van der Waals surface area contributed by atoms with Crippen molar-refractivity contribution in [2.75, 3.05) is 25.0 Å². The van der Waals surface area contributed by atoms with Gasteiger partial charge < -0.3 is 10.2 Å². The van der Waals surface area contributed by atoms with Gasteiger partial charge in [0.15, 0.2) is 0 Å². The molecule has 1 aromatic carbocycles. The molecule has 0 aliphatic carbocycles. The number of rotatable bonds is 5. The second-order valence-corrected chi connectivity index (χ2v) is 6.30. The molecule has 1 aliphatic heterocycles. The molecule has 1 saturated heterocycles. The van der Waals surface area contributed by atoms with Gasteiger partial charge in [-0.2, -0.15) is 0 Å². The van der Waals surface area contributed by atoms with E-state index < -0.39 is 0 Å². The standard InChI is InChI=1S/C17H25FN2O/c1-13(2)6-9-20-10-7-14(8-11-20)17(21)19-16-5-3-4-15(18)12-16/h3-5,12-14H,6-11H2,1-2H3,(H,19,21). The molecule has 1 N–H and O–H groups in total. The quantitative estimate of drug-likeness (QED) is 0.900. The molecule has 1 amide bonds. The van der Waals surface area contributed by atoms with Gasteiger partial charge in [0.1, 0.15) is 5.82 Å². The van der Waals surface area contributed by atoms with E-state index in [1.54, 1.807) is 12.1 Å². The van der Waals surface area contributed by atoms with E-state index in [1.165, 1.54) is 18.6 Å². The smallest absolute Gasteiger partial charge is 0.227 e. The highest BCUT2D eigenvalue weighted by Gasteiger charge is 2.24. The van der Waals surface area contributed by atoms with E-state index in [-0.39, 0.29) is 17.6 Å². The molecule has 2 rings (SSSR count). The molecule has 0 radical (unpaired) electrons. The maximum atomic E-state index is 13.1. The SMILES string of the molecule is CC(C)CCN1CCC(C(=O)Nc2cccc(F)c2)CC1. The monoisotopic (exact) mass is 292 g/mol. The van der Waals surface area contributed by atoms with Gasteiger partial charge in [-0.15, -0.1) is 0 Å². The van der Waals surface area contributed by atoms with Crippen LogP contribution in [0.1, 0.15) is 33.1 Å². The summed E-state index contributed by atoms with van der Waals surface area (Å²) in [6.45, 7) is 7.55. The van der Waals surface area contributed by atoms with E-state index in [1.807, 2.05) is 0 Å². The number of nitrogens with zero attached hydrogens (tertiary/aromatic N) is 1. The molecule has 0 saturated carbocycles. The van der Waals surface area contributed by atoms with E-state index in [9.17, 15) is 9.18 Å². The minimum absolute atomic E-state index is 0.0177. The third-order valence-electron chi connectivity index (χ3n) is 4.07. The maximum Gasteiger partial charge on any atom is 0.227 e. The van der Waals surface area contributed by atoms with Crippen LogP contribution in [0.3, 0.4) is 0 Å².